The van der Waals surface area contributed by atoms with Crippen molar-refractivity contribution in [2.24, 2.45) is 0 Å². The summed E-state index contributed by atoms with van der Waals surface area (Å²) in [6.45, 7) is 1.13. The van der Waals surface area contributed by atoms with Crippen LogP contribution < -0.4 is 14.8 Å². The average molecular weight is 461 g/mol. The largest absolute Gasteiger partial charge is 0.492 e. The van der Waals surface area contributed by atoms with Crippen LogP contribution in [0.15, 0.2) is 42.5 Å². The topological polar surface area (TPSA) is 137 Å². The van der Waals surface area contributed by atoms with Crippen LogP contribution in [0, 0.1) is 0 Å². The summed E-state index contributed by atoms with van der Waals surface area (Å²) in [6, 6.07) is 12.3. The molecule has 1 fully saturated rings. The Morgan fingerprint density at radius 1 is 1.22 bits per heavy atom. The van der Waals surface area contributed by atoms with Crippen molar-refractivity contribution >= 4 is 26.6 Å². The summed E-state index contributed by atoms with van der Waals surface area (Å²) in [5.41, 5.74) is 2.50. The molecule has 1 aromatic heterocycles. The Bertz CT molecular complexity index is 1160. The lowest BCUT2D eigenvalue weighted by Crippen LogP contribution is -2.33. The molecule has 0 saturated heterocycles. The van der Waals surface area contributed by atoms with Gasteiger partial charge in [0.05, 0.1) is 29.2 Å². The van der Waals surface area contributed by atoms with Crippen LogP contribution in [0.25, 0.3) is 10.9 Å². The van der Waals surface area contributed by atoms with Gasteiger partial charge in [-0.15, -0.1) is 0 Å². The van der Waals surface area contributed by atoms with Gasteiger partial charge < -0.3 is 20.3 Å². The fourth-order valence-electron chi connectivity index (χ4n) is 3.59. The highest BCUT2D eigenvalue weighted by atomic mass is 32.2. The number of rotatable bonds is 11. The predicted molar refractivity (Wildman–Crippen MR) is 122 cm³/mol. The minimum absolute atomic E-state index is 0.0990. The summed E-state index contributed by atoms with van der Waals surface area (Å²) in [5.74, 6) is 0.669. The first-order valence-electron chi connectivity index (χ1n) is 10.7. The van der Waals surface area contributed by atoms with Crippen LogP contribution in [0.3, 0.4) is 0 Å². The maximum absolute atomic E-state index is 12.3. The molecule has 2 aromatic carbocycles. The normalized spacial score (nSPS) is 15.4. The maximum Gasteiger partial charge on any atom is 0.235 e. The number of benzene rings is 2. The molecule has 1 atom stereocenters. The molecule has 1 heterocycles. The van der Waals surface area contributed by atoms with Crippen molar-refractivity contribution in [2.45, 2.75) is 37.2 Å². The molecule has 0 unspecified atom stereocenters. The Morgan fingerprint density at radius 2 is 2.06 bits per heavy atom. The number of fused-ring (bicyclic) bond motifs is 1. The van der Waals surface area contributed by atoms with Crippen LogP contribution in [0.1, 0.15) is 36.6 Å². The number of hydrogen-bond donors (Lipinski definition) is 5. The molecule has 32 heavy (non-hydrogen) atoms. The molecule has 1 aliphatic rings. The summed E-state index contributed by atoms with van der Waals surface area (Å²) < 4.78 is 32.9. The summed E-state index contributed by atoms with van der Waals surface area (Å²) in [4.78, 5) is 0. The van der Waals surface area contributed by atoms with Gasteiger partial charge in [-0.3, -0.25) is 9.82 Å². The zero-order valence-corrected chi connectivity index (χ0v) is 18.4. The van der Waals surface area contributed by atoms with Gasteiger partial charge in [-0.25, -0.2) is 8.42 Å². The number of anilines is 1. The van der Waals surface area contributed by atoms with Crippen molar-refractivity contribution in [3.05, 3.63) is 53.7 Å². The number of aliphatic hydroxyl groups excluding tert-OH is 2. The number of sulfonamides is 1. The zero-order valence-electron chi connectivity index (χ0n) is 17.6. The molecule has 4 rings (SSSR count). The number of nitrogens with zero attached hydrogens (tertiary/aromatic N) is 1. The highest BCUT2D eigenvalue weighted by molar-refractivity contribution is 7.93. The van der Waals surface area contributed by atoms with Gasteiger partial charge in [-0.05, 0) is 42.7 Å². The van der Waals surface area contributed by atoms with Crippen LogP contribution >= 0.6 is 0 Å². The molecule has 0 radical (unpaired) electrons. The highest BCUT2D eigenvalue weighted by Crippen LogP contribution is 2.28. The summed E-state index contributed by atoms with van der Waals surface area (Å²) in [5, 5.41) is 30.3. The third-order valence-electron chi connectivity index (χ3n) is 5.67. The van der Waals surface area contributed by atoms with E-state index in [4.69, 9.17) is 4.74 Å². The number of aromatic amines is 1. The number of aliphatic hydroxyl groups is 2. The van der Waals surface area contributed by atoms with Crippen molar-refractivity contribution in [3.8, 4) is 5.75 Å². The van der Waals surface area contributed by atoms with Gasteiger partial charge in [0, 0.05) is 30.2 Å². The molecular formula is C22H28N4O5S. The molecule has 172 valence electrons. The van der Waals surface area contributed by atoms with E-state index in [0.717, 1.165) is 17.3 Å². The Labute approximate surface area is 186 Å². The summed E-state index contributed by atoms with van der Waals surface area (Å²) in [7, 11) is -3.37. The fourth-order valence-corrected chi connectivity index (χ4v) is 5.17. The first kappa shape index (κ1) is 22.5. The van der Waals surface area contributed by atoms with E-state index in [2.05, 4.69) is 20.2 Å². The minimum atomic E-state index is -3.37. The summed E-state index contributed by atoms with van der Waals surface area (Å²) in [6.07, 6.45) is 1.56. The predicted octanol–water partition coefficient (Wildman–Crippen LogP) is 2.05. The standard InChI is InChI=1S/C22H28N4O5S/c27-14-21-19-8-7-17(12-20(19)24-25-21)31-10-9-23-13-22(28)15-3-1-4-16(11-15)26-32(29,30)18-5-2-6-18/h1,3-4,7-8,11-12,18,22-23,26-28H,2,5-6,9-10,13-14H2,(H,24,25)/t22-/m0/s1. The van der Waals surface area contributed by atoms with E-state index in [9.17, 15) is 18.6 Å². The Balaban J connectivity index is 1.23. The van der Waals surface area contributed by atoms with Crippen LogP contribution in [-0.4, -0.2) is 53.8 Å². The minimum Gasteiger partial charge on any atom is -0.492 e. The fraction of sp³-hybridized carbons (Fsp3) is 0.409. The number of aromatic nitrogens is 2. The smallest absolute Gasteiger partial charge is 0.235 e. The first-order chi connectivity index (χ1) is 15.5. The molecule has 0 bridgehead atoms. The van der Waals surface area contributed by atoms with Gasteiger partial charge in [-0.2, -0.15) is 5.10 Å². The van der Waals surface area contributed by atoms with Crippen molar-refractivity contribution in [2.75, 3.05) is 24.4 Å². The molecule has 5 N–H and O–H groups in total. The second-order valence-electron chi connectivity index (χ2n) is 7.93. The molecular weight excluding hydrogens is 432 g/mol. The van der Waals surface area contributed by atoms with Gasteiger partial charge in [0.1, 0.15) is 12.4 Å². The molecule has 0 aliphatic heterocycles. The van der Waals surface area contributed by atoms with Crippen molar-refractivity contribution in [3.63, 3.8) is 0 Å². The van der Waals surface area contributed by atoms with Gasteiger partial charge in [0.2, 0.25) is 10.0 Å². The lowest BCUT2D eigenvalue weighted by molar-refractivity contribution is 0.172. The van der Waals surface area contributed by atoms with Gasteiger partial charge in [0.25, 0.3) is 0 Å². The molecule has 1 saturated carbocycles. The molecule has 10 heteroatoms. The SMILES string of the molecule is O=S(=O)(Nc1cccc([C@@H](O)CNCCOc2ccc3c(CO)[nH]nc3c2)c1)C1CCC1. The van der Waals surface area contributed by atoms with Gasteiger partial charge in [-0.1, -0.05) is 18.6 Å². The van der Waals surface area contributed by atoms with Crippen molar-refractivity contribution in [1.82, 2.24) is 15.5 Å². The van der Waals surface area contributed by atoms with E-state index in [1.165, 1.54) is 0 Å². The third-order valence-corrected chi connectivity index (χ3v) is 7.54. The van der Waals surface area contributed by atoms with Gasteiger partial charge >= 0.3 is 0 Å². The number of ether oxygens (including phenoxy) is 1. The van der Waals surface area contributed by atoms with E-state index >= 15 is 0 Å². The van der Waals surface area contributed by atoms with E-state index in [1.807, 2.05) is 12.1 Å². The number of hydrogen-bond acceptors (Lipinski definition) is 7. The second kappa shape index (κ2) is 9.86. The quantitative estimate of drug-likeness (QED) is 0.276. The third kappa shape index (κ3) is 5.21. The van der Waals surface area contributed by atoms with Gasteiger partial charge in [0.15, 0.2) is 0 Å². The Kier molecular flexibility index (Phi) is 6.95. The number of nitrogens with one attached hydrogen (secondary N) is 3. The average Bonchev–Trinajstić information content (AvgIpc) is 3.14. The number of H-pyrrole nitrogens is 1. The van der Waals surface area contributed by atoms with E-state index < -0.39 is 16.1 Å². The highest BCUT2D eigenvalue weighted by Gasteiger charge is 2.31. The van der Waals surface area contributed by atoms with Crippen molar-refractivity contribution in [1.29, 1.82) is 0 Å². The second-order valence-corrected chi connectivity index (χ2v) is 9.89. The van der Waals surface area contributed by atoms with Crippen LogP contribution in [-0.2, 0) is 16.6 Å². The van der Waals surface area contributed by atoms with E-state index in [0.29, 0.717) is 55.2 Å². The maximum atomic E-state index is 12.3. The van der Waals surface area contributed by atoms with Crippen LogP contribution in [0.4, 0.5) is 5.69 Å². The lowest BCUT2D eigenvalue weighted by atomic mass is 10.0. The van der Waals surface area contributed by atoms with E-state index in [1.54, 1.807) is 30.3 Å². The van der Waals surface area contributed by atoms with E-state index in [-0.39, 0.29) is 11.9 Å². The molecule has 1 aliphatic carbocycles. The summed E-state index contributed by atoms with van der Waals surface area (Å²) >= 11 is 0. The van der Waals surface area contributed by atoms with Crippen LogP contribution in [0.2, 0.25) is 0 Å². The Hall–Kier alpha value is -2.66. The molecule has 0 amide bonds. The zero-order chi connectivity index (χ0) is 22.6. The molecule has 3 aromatic rings. The first-order valence-corrected chi connectivity index (χ1v) is 12.2. The van der Waals surface area contributed by atoms with Crippen molar-refractivity contribution < 1.29 is 23.4 Å². The Morgan fingerprint density at radius 3 is 2.81 bits per heavy atom. The molecule has 0 spiro atoms. The lowest BCUT2D eigenvalue weighted by Gasteiger charge is -2.25. The monoisotopic (exact) mass is 460 g/mol. The molecule has 9 nitrogen and oxygen atoms in total. The van der Waals surface area contributed by atoms with Crippen LogP contribution in [0.5, 0.6) is 5.75 Å².